The molecule has 1 aliphatic rings. The molecule has 1 N–H and O–H groups in total. The Hall–Kier alpha value is -1.84. The summed E-state index contributed by atoms with van der Waals surface area (Å²) in [5.41, 5.74) is 1.42. The van der Waals surface area contributed by atoms with Crippen LogP contribution in [0.4, 0.5) is 10.5 Å². The van der Waals surface area contributed by atoms with Crippen LogP contribution in [-0.2, 0) is 14.7 Å². The number of carbonyl (C=O) groups is 1. The third-order valence-corrected chi connectivity index (χ3v) is 3.53. The van der Waals surface area contributed by atoms with Gasteiger partial charge in [0, 0.05) is 19.7 Å². The molecule has 20 heavy (non-hydrogen) atoms. The van der Waals surface area contributed by atoms with Crippen molar-refractivity contribution >= 4 is 22.1 Å². The summed E-state index contributed by atoms with van der Waals surface area (Å²) < 4.78 is 35.0. The molecule has 1 atom stereocenters. The number of hydroxylamine groups is 2. The molecule has 8 nitrogen and oxygen atoms in total. The summed E-state index contributed by atoms with van der Waals surface area (Å²) in [6, 6.07) is 5.72. The van der Waals surface area contributed by atoms with Gasteiger partial charge in [-0.05, 0) is 13.0 Å². The molecule has 0 aliphatic carbocycles. The molecule has 2 amide bonds. The number of benzene rings is 1. The second kappa shape index (κ2) is 4.93. The molecule has 0 aromatic heterocycles. The number of urea groups is 1. The van der Waals surface area contributed by atoms with Gasteiger partial charge in [-0.1, -0.05) is 18.2 Å². The molecule has 0 spiro atoms. The van der Waals surface area contributed by atoms with Crippen LogP contribution < -0.4 is 5.01 Å². The predicted octanol–water partition coefficient (Wildman–Crippen LogP) is 1.20. The molecule has 0 saturated carbocycles. The summed E-state index contributed by atoms with van der Waals surface area (Å²) in [4.78, 5) is 12.2. The van der Waals surface area contributed by atoms with E-state index in [0.29, 0.717) is 10.6 Å². The standard InChI is InChI=1S/C11H15N3O5S/c1-8-9-6-4-5-7-10(9)12(2)13(3)11(15)14(8)19-20(16,17)18/h4-8H,1-3H3,(H,16,17,18). The number of hydrogen-bond acceptors (Lipinski definition) is 5. The maximum absolute atomic E-state index is 12.2. The largest absolute Gasteiger partial charge is 0.418 e. The van der Waals surface area contributed by atoms with Gasteiger partial charge < -0.3 is 0 Å². The molecular weight excluding hydrogens is 286 g/mol. The van der Waals surface area contributed by atoms with Crippen LogP contribution in [0.2, 0.25) is 0 Å². The third kappa shape index (κ3) is 2.55. The van der Waals surface area contributed by atoms with Crippen LogP contribution >= 0.6 is 0 Å². The van der Waals surface area contributed by atoms with E-state index < -0.39 is 22.5 Å². The second-order valence-electron chi connectivity index (χ2n) is 4.39. The molecule has 1 heterocycles. The Morgan fingerprint density at radius 2 is 1.80 bits per heavy atom. The van der Waals surface area contributed by atoms with Crippen LogP contribution in [0.15, 0.2) is 24.3 Å². The number of anilines is 1. The Bertz CT molecular complexity index is 633. The SMILES string of the molecule is CC1c2ccccc2N(C)N(C)C(=O)N1OS(=O)(=O)O. The predicted molar refractivity (Wildman–Crippen MR) is 70.9 cm³/mol. The van der Waals surface area contributed by atoms with E-state index >= 15 is 0 Å². The number of carbonyl (C=O) groups excluding carboxylic acids is 1. The molecule has 0 saturated heterocycles. The van der Waals surface area contributed by atoms with Gasteiger partial charge in [-0.15, -0.1) is 4.28 Å². The van der Waals surface area contributed by atoms with E-state index in [1.807, 2.05) is 0 Å². The Morgan fingerprint density at radius 3 is 2.40 bits per heavy atom. The van der Waals surface area contributed by atoms with Gasteiger partial charge in [-0.2, -0.15) is 13.5 Å². The Balaban J connectivity index is 2.54. The summed E-state index contributed by atoms with van der Waals surface area (Å²) in [6.45, 7) is 1.61. The minimum absolute atomic E-state index is 0.623. The minimum atomic E-state index is -4.79. The van der Waals surface area contributed by atoms with Gasteiger partial charge in [-0.25, -0.2) is 9.80 Å². The highest BCUT2D eigenvalue weighted by atomic mass is 32.3. The maximum atomic E-state index is 12.2. The first-order valence-corrected chi connectivity index (χ1v) is 7.15. The van der Waals surface area contributed by atoms with E-state index in [1.165, 1.54) is 12.1 Å². The van der Waals surface area contributed by atoms with E-state index in [2.05, 4.69) is 4.28 Å². The first kappa shape index (κ1) is 14.6. The van der Waals surface area contributed by atoms with E-state index in [1.54, 1.807) is 43.2 Å². The van der Waals surface area contributed by atoms with Crippen LogP contribution in [-0.4, -0.2) is 43.2 Å². The molecular formula is C11H15N3O5S. The minimum Gasteiger partial charge on any atom is -0.284 e. The number of amides is 2. The summed E-state index contributed by atoms with van der Waals surface area (Å²) in [5.74, 6) is 0. The molecule has 0 bridgehead atoms. The number of hydrogen-bond donors (Lipinski definition) is 1. The summed E-state index contributed by atoms with van der Waals surface area (Å²) in [6.07, 6.45) is 0. The van der Waals surface area contributed by atoms with Gasteiger partial charge in [0.2, 0.25) is 0 Å². The lowest BCUT2D eigenvalue weighted by Gasteiger charge is -2.30. The summed E-state index contributed by atoms with van der Waals surface area (Å²) in [5, 5.41) is 3.38. The van der Waals surface area contributed by atoms with Crippen molar-refractivity contribution in [2.45, 2.75) is 13.0 Å². The average molecular weight is 301 g/mol. The van der Waals surface area contributed by atoms with Crippen LogP contribution in [0, 0.1) is 0 Å². The molecule has 0 radical (unpaired) electrons. The number of hydrazine groups is 1. The van der Waals surface area contributed by atoms with E-state index in [0.717, 1.165) is 5.69 Å². The van der Waals surface area contributed by atoms with Gasteiger partial charge in [0.15, 0.2) is 0 Å². The van der Waals surface area contributed by atoms with Crippen molar-refractivity contribution in [2.75, 3.05) is 19.1 Å². The highest BCUT2D eigenvalue weighted by molar-refractivity contribution is 7.80. The smallest absolute Gasteiger partial charge is 0.284 e. The summed E-state index contributed by atoms with van der Waals surface area (Å²) >= 11 is 0. The first-order valence-electron chi connectivity index (χ1n) is 5.79. The monoisotopic (exact) mass is 301 g/mol. The normalized spacial score (nSPS) is 19.9. The van der Waals surface area contributed by atoms with E-state index in [4.69, 9.17) is 4.55 Å². The van der Waals surface area contributed by atoms with Gasteiger partial charge in [0.05, 0.1) is 11.7 Å². The lowest BCUT2D eigenvalue weighted by Crippen LogP contribution is -2.47. The Kier molecular flexibility index (Phi) is 3.59. The van der Waals surface area contributed by atoms with Gasteiger partial charge in [0.25, 0.3) is 0 Å². The molecule has 1 unspecified atom stereocenters. The van der Waals surface area contributed by atoms with Crippen molar-refractivity contribution in [3.8, 4) is 0 Å². The van der Waals surface area contributed by atoms with Crippen LogP contribution in [0.5, 0.6) is 0 Å². The number of nitrogens with zero attached hydrogens (tertiary/aromatic N) is 3. The van der Waals surface area contributed by atoms with Crippen molar-refractivity contribution in [2.24, 2.45) is 0 Å². The van der Waals surface area contributed by atoms with Crippen LogP contribution in [0.25, 0.3) is 0 Å². The zero-order valence-electron chi connectivity index (χ0n) is 11.2. The fourth-order valence-corrected chi connectivity index (χ4v) is 2.45. The fraction of sp³-hybridized carbons (Fsp3) is 0.364. The molecule has 1 aliphatic heterocycles. The van der Waals surface area contributed by atoms with Gasteiger partial charge in [-0.3, -0.25) is 9.56 Å². The zero-order chi connectivity index (χ0) is 15.1. The lowest BCUT2D eigenvalue weighted by atomic mass is 10.1. The van der Waals surface area contributed by atoms with Crippen LogP contribution in [0.3, 0.4) is 0 Å². The number of rotatable bonds is 2. The number of fused-ring (bicyclic) bond motifs is 1. The van der Waals surface area contributed by atoms with E-state index in [9.17, 15) is 13.2 Å². The quantitative estimate of drug-likeness (QED) is 0.825. The highest BCUT2D eigenvalue weighted by Crippen LogP contribution is 2.34. The van der Waals surface area contributed by atoms with Crippen molar-refractivity contribution in [3.05, 3.63) is 29.8 Å². The van der Waals surface area contributed by atoms with Gasteiger partial charge in [0.1, 0.15) is 0 Å². The third-order valence-electron chi connectivity index (χ3n) is 3.18. The average Bonchev–Trinajstić information content (AvgIpc) is 2.45. The Morgan fingerprint density at radius 1 is 1.20 bits per heavy atom. The molecule has 110 valence electrons. The van der Waals surface area contributed by atoms with Crippen molar-refractivity contribution < 1.29 is 22.0 Å². The second-order valence-corrected chi connectivity index (χ2v) is 5.40. The van der Waals surface area contributed by atoms with Crippen LogP contribution in [0.1, 0.15) is 18.5 Å². The molecule has 9 heteroatoms. The van der Waals surface area contributed by atoms with E-state index in [-0.39, 0.29) is 0 Å². The highest BCUT2D eigenvalue weighted by Gasteiger charge is 2.36. The maximum Gasteiger partial charge on any atom is 0.418 e. The fourth-order valence-electron chi connectivity index (χ4n) is 2.06. The molecule has 0 fully saturated rings. The van der Waals surface area contributed by atoms with Crippen molar-refractivity contribution in [1.82, 2.24) is 10.1 Å². The topological polar surface area (TPSA) is 90.4 Å². The molecule has 2 rings (SSSR count). The van der Waals surface area contributed by atoms with Crippen molar-refractivity contribution in [1.29, 1.82) is 0 Å². The Labute approximate surface area is 117 Å². The first-order chi connectivity index (χ1) is 9.22. The summed E-state index contributed by atoms with van der Waals surface area (Å²) in [7, 11) is -1.65. The number of para-hydroxylation sites is 1. The van der Waals surface area contributed by atoms with Crippen molar-refractivity contribution in [3.63, 3.8) is 0 Å². The molecule has 1 aromatic carbocycles. The van der Waals surface area contributed by atoms with Gasteiger partial charge >= 0.3 is 16.4 Å². The molecule has 1 aromatic rings. The lowest BCUT2D eigenvalue weighted by molar-refractivity contribution is -0.0563. The zero-order valence-corrected chi connectivity index (χ0v) is 12.0.